The Labute approximate surface area is 153 Å². The molecule has 2 aromatic carbocycles. The van der Waals surface area contributed by atoms with E-state index in [-0.39, 0.29) is 5.91 Å². The third kappa shape index (κ3) is 3.50. The quantitative estimate of drug-likeness (QED) is 0.657. The Balaban J connectivity index is 1.61. The first-order chi connectivity index (χ1) is 12.7. The Bertz CT molecular complexity index is 904. The summed E-state index contributed by atoms with van der Waals surface area (Å²) >= 11 is 0. The predicted molar refractivity (Wildman–Crippen MR) is 103 cm³/mol. The molecule has 1 saturated carbocycles. The summed E-state index contributed by atoms with van der Waals surface area (Å²) in [4.78, 5) is 12.7. The number of hydrogen-bond acceptors (Lipinski definition) is 3. The van der Waals surface area contributed by atoms with Gasteiger partial charge in [0, 0.05) is 17.2 Å². The maximum absolute atomic E-state index is 12.7. The lowest BCUT2D eigenvalue weighted by atomic mass is 10.0. The van der Waals surface area contributed by atoms with Crippen LogP contribution in [0.4, 0.5) is 0 Å². The Kier molecular flexibility index (Phi) is 4.74. The summed E-state index contributed by atoms with van der Waals surface area (Å²) < 4.78 is 5.56. The van der Waals surface area contributed by atoms with Crippen LogP contribution in [0.5, 0.6) is 0 Å². The lowest BCUT2D eigenvalue weighted by Crippen LogP contribution is -2.34. The Hall–Kier alpha value is -2.62. The number of carbonyl (C=O) groups is 1. The van der Waals surface area contributed by atoms with E-state index in [0.717, 1.165) is 29.3 Å². The average Bonchev–Trinajstić information content (AvgIpc) is 2.90. The molecule has 1 fully saturated rings. The molecular weight excluding hydrogens is 324 g/mol. The molecule has 4 rings (SSSR count). The van der Waals surface area contributed by atoms with Gasteiger partial charge in [0.15, 0.2) is 5.76 Å². The van der Waals surface area contributed by atoms with Crippen molar-refractivity contribution < 1.29 is 9.32 Å². The lowest BCUT2D eigenvalue weighted by molar-refractivity contribution is 0.0933. The highest BCUT2D eigenvalue weighted by molar-refractivity contribution is 6.01. The number of amides is 1. The van der Waals surface area contributed by atoms with Crippen molar-refractivity contribution in [3.05, 3.63) is 53.6 Å². The second-order valence-corrected chi connectivity index (χ2v) is 7.27. The summed E-state index contributed by atoms with van der Waals surface area (Å²) in [5, 5.41) is 8.23. The van der Waals surface area contributed by atoms with Crippen LogP contribution < -0.4 is 5.32 Å². The zero-order chi connectivity index (χ0) is 17.9. The summed E-state index contributed by atoms with van der Waals surface area (Å²) in [6.07, 6.45) is 7.12. The number of carbonyl (C=O) groups excluding carboxylic acids is 1. The fourth-order valence-electron chi connectivity index (χ4n) is 3.69. The van der Waals surface area contributed by atoms with E-state index in [2.05, 4.69) is 17.4 Å². The van der Waals surface area contributed by atoms with Crippen molar-refractivity contribution in [3.63, 3.8) is 0 Å². The van der Waals surface area contributed by atoms with Gasteiger partial charge < -0.3 is 9.84 Å². The molecule has 1 aliphatic carbocycles. The molecule has 0 atom stereocenters. The largest absolute Gasteiger partial charge is 0.355 e. The molecule has 134 valence electrons. The molecule has 1 amide bonds. The third-order valence-electron chi connectivity index (χ3n) is 5.24. The van der Waals surface area contributed by atoms with Crippen LogP contribution in [0.2, 0.25) is 0 Å². The molecule has 0 radical (unpaired) electrons. The highest BCUT2D eigenvalue weighted by Crippen LogP contribution is 2.29. The molecule has 0 bridgehead atoms. The van der Waals surface area contributed by atoms with Crippen LogP contribution in [0.3, 0.4) is 0 Å². The van der Waals surface area contributed by atoms with Gasteiger partial charge >= 0.3 is 0 Å². The molecule has 4 nitrogen and oxygen atoms in total. The molecule has 0 unspecified atom stereocenters. The zero-order valence-corrected chi connectivity index (χ0v) is 15.1. The maximum Gasteiger partial charge on any atom is 0.251 e. The van der Waals surface area contributed by atoms with Crippen molar-refractivity contribution in [1.82, 2.24) is 10.5 Å². The van der Waals surface area contributed by atoms with Gasteiger partial charge in [-0.15, -0.1) is 0 Å². The van der Waals surface area contributed by atoms with E-state index < -0.39 is 0 Å². The molecular formula is C22H24N2O2. The van der Waals surface area contributed by atoms with Crippen molar-refractivity contribution in [1.29, 1.82) is 0 Å². The van der Waals surface area contributed by atoms with E-state index in [1.807, 2.05) is 42.5 Å². The minimum absolute atomic E-state index is 0.00476. The van der Waals surface area contributed by atoms with E-state index >= 15 is 0 Å². The molecule has 0 saturated heterocycles. The standard InChI is InChI=1S/C22H24N2O2/c1-15-8-10-16(11-9-15)21-19-14-17(12-13-20(19)24-26-21)22(25)23-18-6-4-2-3-5-7-18/h8-14,18H,2-7H2,1H3,(H,23,25). The van der Waals surface area contributed by atoms with Crippen molar-refractivity contribution in [2.45, 2.75) is 51.5 Å². The van der Waals surface area contributed by atoms with Crippen LogP contribution >= 0.6 is 0 Å². The van der Waals surface area contributed by atoms with Gasteiger partial charge in [-0.25, -0.2) is 0 Å². The molecule has 0 spiro atoms. The van der Waals surface area contributed by atoms with Gasteiger partial charge in [0.1, 0.15) is 5.52 Å². The third-order valence-corrected chi connectivity index (χ3v) is 5.24. The molecule has 3 aromatic rings. The van der Waals surface area contributed by atoms with Gasteiger partial charge in [-0.05, 0) is 38.0 Å². The topological polar surface area (TPSA) is 55.1 Å². The summed E-state index contributed by atoms with van der Waals surface area (Å²) in [6, 6.07) is 14.0. The van der Waals surface area contributed by atoms with Crippen molar-refractivity contribution in [2.75, 3.05) is 0 Å². The number of benzene rings is 2. The van der Waals surface area contributed by atoms with Gasteiger partial charge in [-0.3, -0.25) is 4.79 Å². The molecule has 1 aromatic heterocycles. The maximum atomic E-state index is 12.7. The smallest absolute Gasteiger partial charge is 0.251 e. The van der Waals surface area contributed by atoms with Crippen LogP contribution in [0, 0.1) is 6.92 Å². The fraction of sp³-hybridized carbons (Fsp3) is 0.364. The molecule has 1 aliphatic rings. The van der Waals surface area contributed by atoms with E-state index in [4.69, 9.17) is 4.52 Å². The lowest BCUT2D eigenvalue weighted by Gasteiger charge is -2.16. The molecule has 4 heteroatoms. The Morgan fingerprint density at radius 1 is 1.04 bits per heavy atom. The second kappa shape index (κ2) is 7.32. The predicted octanol–water partition coefficient (Wildman–Crippen LogP) is 5.26. The zero-order valence-electron chi connectivity index (χ0n) is 15.1. The van der Waals surface area contributed by atoms with Gasteiger partial charge in [-0.2, -0.15) is 0 Å². The number of fused-ring (bicyclic) bond motifs is 1. The highest BCUT2D eigenvalue weighted by Gasteiger charge is 2.18. The van der Waals surface area contributed by atoms with Crippen LogP contribution in [-0.2, 0) is 0 Å². The number of nitrogens with one attached hydrogen (secondary N) is 1. The Morgan fingerprint density at radius 2 is 1.77 bits per heavy atom. The Morgan fingerprint density at radius 3 is 2.50 bits per heavy atom. The van der Waals surface area contributed by atoms with Gasteiger partial charge in [0.05, 0.1) is 5.39 Å². The van der Waals surface area contributed by atoms with Crippen molar-refractivity contribution in [2.24, 2.45) is 0 Å². The first kappa shape index (κ1) is 16.8. The minimum atomic E-state index is -0.00476. The highest BCUT2D eigenvalue weighted by atomic mass is 16.5. The summed E-state index contributed by atoms with van der Waals surface area (Å²) in [6.45, 7) is 2.05. The molecule has 26 heavy (non-hydrogen) atoms. The van der Waals surface area contributed by atoms with Gasteiger partial charge in [0.25, 0.3) is 5.91 Å². The van der Waals surface area contributed by atoms with E-state index in [0.29, 0.717) is 17.4 Å². The number of nitrogens with zero attached hydrogens (tertiary/aromatic N) is 1. The fourth-order valence-corrected chi connectivity index (χ4v) is 3.69. The number of aromatic nitrogens is 1. The summed E-state index contributed by atoms with van der Waals surface area (Å²) in [7, 11) is 0. The van der Waals surface area contributed by atoms with Crippen molar-refractivity contribution >= 4 is 16.8 Å². The average molecular weight is 348 g/mol. The summed E-state index contributed by atoms with van der Waals surface area (Å²) in [5.41, 5.74) is 3.60. The summed E-state index contributed by atoms with van der Waals surface area (Å²) in [5.74, 6) is 0.707. The normalized spacial score (nSPS) is 15.7. The van der Waals surface area contributed by atoms with Crippen LogP contribution in [0.25, 0.3) is 22.2 Å². The van der Waals surface area contributed by atoms with Crippen LogP contribution in [-0.4, -0.2) is 17.1 Å². The van der Waals surface area contributed by atoms with E-state index in [1.54, 1.807) is 0 Å². The SMILES string of the molecule is Cc1ccc(-c2onc3ccc(C(=O)NC4CCCCCC4)cc23)cc1. The molecule has 0 aliphatic heterocycles. The second-order valence-electron chi connectivity index (χ2n) is 7.27. The number of aryl methyl sites for hydroxylation is 1. The van der Waals surface area contributed by atoms with Crippen LogP contribution in [0.15, 0.2) is 47.0 Å². The van der Waals surface area contributed by atoms with E-state index in [9.17, 15) is 4.79 Å². The first-order valence-corrected chi connectivity index (χ1v) is 9.48. The van der Waals surface area contributed by atoms with Crippen molar-refractivity contribution in [3.8, 4) is 11.3 Å². The van der Waals surface area contributed by atoms with Gasteiger partial charge in [-0.1, -0.05) is 60.7 Å². The molecule has 1 heterocycles. The first-order valence-electron chi connectivity index (χ1n) is 9.48. The van der Waals surface area contributed by atoms with E-state index in [1.165, 1.54) is 31.2 Å². The monoisotopic (exact) mass is 348 g/mol. The number of rotatable bonds is 3. The molecule has 1 N–H and O–H groups in total. The van der Waals surface area contributed by atoms with Gasteiger partial charge in [0.2, 0.25) is 0 Å². The van der Waals surface area contributed by atoms with Crippen LogP contribution in [0.1, 0.15) is 54.4 Å². The minimum Gasteiger partial charge on any atom is -0.355 e. The number of hydrogen-bond donors (Lipinski definition) is 1.